The van der Waals surface area contributed by atoms with Gasteiger partial charge in [-0.05, 0) is 49.2 Å². The van der Waals surface area contributed by atoms with Crippen molar-refractivity contribution in [3.05, 3.63) is 98.7 Å². The maximum Gasteiger partial charge on any atom is 0.339 e. The Kier molecular flexibility index (Phi) is 5.84. The van der Waals surface area contributed by atoms with E-state index >= 15 is 0 Å². The third kappa shape index (κ3) is 3.92. The lowest BCUT2D eigenvalue weighted by molar-refractivity contribution is 0.0601. The molecule has 1 atom stereocenters. The molecule has 1 aliphatic rings. The first kappa shape index (κ1) is 23.4. The number of ether oxygens (including phenoxy) is 1. The van der Waals surface area contributed by atoms with Crippen LogP contribution < -0.4 is 10.7 Å². The quantitative estimate of drug-likeness (QED) is 0.388. The second kappa shape index (κ2) is 9.00. The molecule has 1 amide bonds. The molecule has 3 aromatic carbocycles. The van der Waals surface area contributed by atoms with Gasteiger partial charge in [-0.25, -0.2) is 4.79 Å². The SMILES string of the molecule is COC(=O)c1ccccc1NC(C)c1cc(C)cc2c(=O)cc(-c3cccc4c3CN(C)C4=O)oc12. The number of methoxy groups -OCH3 is 1. The molecule has 0 radical (unpaired) electrons. The molecule has 0 aliphatic carbocycles. The second-order valence-electron chi connectivity index (χ2n) is 9.10. The molecule has 1 aromatic heterocycles. The zero-order valence-electron chi connectivity index (χ0n) is 20.5. The number of esters is 1. The lowest BCUT2D eigenvalue weighted by Crippen LogP contribution is -2.17. The minimum Gasteiger partial charge on any atom is -0.465 e. The molecule has 1 N–H and O–H groups in total. The first-order chi connectivity index (χ1) is 17.3. The van der Waals surface area contributed by atoms with E-state index in [0.29, 0.717) is 40.1 Å². The van der Waals surface area contributed by atoms with Crippen LogP contribution in [0.1, 0.15) is 50.4 Å². The average Bonchev–Trinajstić information content (AvgIpc) is 3.17. The van der Waals surface area contributed by atoms with Crippen molar-refractivity contribution in [2.75, 3.05) is 19.5 Å². The van der Waals surface area contributed by atoms with E-state index in [4.69, 9.17) is 9.15 Å². The van der Waals surface area contributed by atoms with Crippen molar-refractivity contribution in [2.24, 2.45) is 0 Å². The van der Waals surface area contributed by atoms with E-state index in [1.165, 1.54) is 13.2 Å². The van der Waals surface area contributed by atoms with Gasteiger partial charge in [-0.2, -0.15) is 0 Å². The summed E-state index contributed by atoms with van der Waals surface area (Å²) < 4.78 is 11.3. The van der Waals surface area contributed by atoms with Crippen molar-refractivity contribution in [1.82, 2.24) is 4.90 Å². The minimum absolute atomic E-state index is 0.0478. The molecule has 5 rings (SSSR count). The number of amides is 1. The van der Waals surface area contributed by atoms with Crippen LogP contribution in [0.25, 0.3) is 22.3 Å². The molecule has 0 saturated heterocycles. The van der Waals surface area contributed by atoms with E-state index in [-0.39, 0.29) is 17.4 Å². The van der Waals surface area contributed by atoms with Crippen molar-refractivity contribution < 1.29 is 18.7 Å². The minimum atomic E-state index is -0.439. The van der Waals surface area contributed by atoms with Crippen molar-refractivity contribution in [1.29, 1.82) is 0 Å². The van der Waals surface area contributed by atoms with E-state index in [2.05, 4.69) is 5.32 Å². The molecule has 4 aromatic rings. The number of carbonyl (C=O) groups is 2. The van der Waals surface area contributed by atoms with Crippen LogP contribution in [-0.2, 0) is 11.3 Å². The van der Waals surface area contributed by atoms with Gasteiger partial charge in [-0.3, -0.25) is 9.59 Å². The van der Waals surface area contributed by atoms with E-state index < -0.39 is 5.97 Å². The van der Waals surface area contributed by atoms with Crippen molar-refractivity contribution in [3.8, 4) is 11.3 Å². The molecule has 1 aliphatic heterocycles. The Morgan fingerprint density at radius 1 is 1.06 bits per heavy atom. The van der Waals surface area contributed by atoms with Crippen LogP contribution in [0.4, 0.5) is 5.69 Å². The molecule has 0 saturated carbocycles. The van der Waals surface area contributed by atoms with E-state index in [9.17, 15) is 14.4 Å². The first-order valence-electron chi connectivity index (χ1n) is 11.7. The molecule has 0 fully saturated rings. The molecule has 182 valence electrons. The van der Waals surface area contributed by atoms with Gasteiger partial charge in [0.25, 0.3) is 5.91 Å². The number of anilines is 1. The Bertz CT molecular complexity index is 1590. The summed E-state index contributed by atoms with van der Waals surface area (Å²) in [6, 6.07) is 17.6. The second-order valence-corrected chi connectivity index (χ2v) is 9.10. The van der Waals surface area contributed by atoms with Gasteiger partial charge in [0.2, 0.25) is 0 Å². The van der Waals surface area contributed by atoms with Gasteiger partial charge in [-0.1, -0.05) is 30.3 Å². The number of hydrogen-bond donors (Lipinski definition) is 1. The van der Waals surface area contributed by atoms with Crippen LogP contribution in [0.2, 0.25) is 0 Å². The van der Waals surface area contributed by atoms with E-state index in [1.54, 1.807) is 36.2 Å². The summed E-state index contributed by atoms with van der Waals surface area (Å²) in [7, 11) is 3.10. The lowest BCUT2D eigenvalue weighted by atomic mass is 9.98. The van der Waals surface area contributed by atoms with Gasteiger partial charge in [-0.15, -0.1) is 0 Å². The molecular formula is C29H26N2O5. The Balaban J connectivity index is 1.64. The average molecular weight is 483 g/mol. The summed E-state index contributed by atoms with van der Waals surface area (Å²) in [5.74, 6) is -0.0706. The Morgan fingerprint density at radius 3 is 2.58 bits per heavy atom. The van der Waals surface area contributed by atoms with Crippen LogP contribution in [0.5, 0.6) is 0 Å². The number of nitrogens with one attached hydrogen (secondary N) is 1. The first-order valence-corrected chi connectivity index (χ1v) is 11.7. The topological polar surface area (TPSA) is 88.9 Å². The smallest absolute Gasteiger partial charge is 0.339 e. The molecule has 0 bridgehead atoms. The highest BCUT2D eigenvalue weighted by Gasteiger charge is 2.28. The monoisotopic (exact) mass is 482 g/mol. The zero-order valence-corrected chi connectivity index (χ0v) is 20.5. The summed E-state index contributed by atoms with van der Waals surface area (Å²) in [5, 5.41) is 3.86. The maximum atomic E-state index is 13.3. The number of nitrogens with zero attached hydrogens (tertiary/aromatic N) is 1. The fourth-order valence-corrected chi connectivity index (χ4v) is 4.80. The van der Waals surface area contributed by atoms with Gasteiger partial charge < -0.3 is 19.4 Å². The number of fused-ring (bicyclic) bond motifs is 2. The van der Waals surface area contributed by atoms with Gasteiger partial charge in [0.1, 0.15) is 11.3 Å². The summed E-state index contributed by atoms with van der Waals surface area (Å²) in [6.07, 6.45) is 0. The van der Waals surface area contributed by atoms with Crippen LogP contribution in [0.3, 0.4) is 0 Å². The highest BCUT2D eigenvalue weighted by Crippen LogP contribution is 2.35. The van der Waals surface area contributed by atoms with Gasteiger partial charge >= 0.3 is 5.97 Å². The third-order valence-corrected chi connectivity index (χ3v) is 6.59. The summed E-state index contributed by atoms with van der Waals surface area (Å²) in [6.45, 7) is 4.33. The normalized spacial score (nSPS) is 13.6. The molecular weight excluding hydrogens is 456 g/mol. The maximum absolute atomic E-state index is 13.3. The van der Waals surface area contributed by atoms with Crippen LogP contribution >= 0.6 is 0 Å². The number of carbonyl (C=O) groups excluding carboxylic acids is 2. The van der Waals surface area contributed by atoms with E-state index in [0.717, 1.165) is 22.3 Å². The van der Waals surface area contributed by atoms with Crippen LogP contribution in [-0.4, -0.2) is 30.9 Å². The highest BCUT2D eigenvalue weighted by molar-refractivity contribution is 6.00. The van der Waals surface area contributed by atoms with Crippen molar-refractivity contribution in [2.45, 2.75) is 26.4 Å². The lowest BCUT2D eigenvalue weighted by Gasteiger charge is -2.20. The van der Waals surface area contributed by atoms with Gasteiger partial charge in [0.15, 0.2) is 5.43 Å². The Labute approximate surface area is 208 Å². The standard InChI is InChI=1S/C29H26N2O5/c1-16-12-21(17(2)30-24-11-6-5-8-20(24)29(34)35-4)27-22(13-16)25(32)14-26(36-27)18-9-7-10-19-23(18)15-31(3)28(19)33/h5-14,17,30H,15H2,1-4H3. The van der Waals surface area contributed by atoms with Crippen LogP contribution in [0, 0.1) is 6.92 Å². The Morgan fingerprint density at radius 2 is 1.81 bits per heavy atom. The number of hydrogen-bond acceptors (Lipinski definition) is 6. The summed E-state index contributed by atoms with van der Waals surface area (Å²) >= 11 is 0. The van der Waals surface area contributed by atoms with Gasteiger partial charge in [0.05, 0.1) is 24.1 Å². The largest absolute Gasteiger partial charge is 0.465 e. The van der Waals surface area contributed by atoms with Crippen molar-refractivity contribution >= 4 is 28.5 Å². The zero-order chi connectivity index (χ0) is 25.6. The summed E-state index contributed by atoms with van der Waals surface area (Å²) in [5.41, 5.74) is 5.24. The predicted octanol–water partition coefficient (Wildman–Crippen LogP) is 5.31. The fraction of sp³-hybridized carbons (Fsp3) is 0.207. The molecule has 7 nitrogen and oxygen atoms in total. The molecule has 7 heteroatoms. The van der Waals surface area contributed by atoms with E-state index in [1.807, 2.05) is 44.2 Å². The Hall–Kier alpha value is -4.39. The number of benzene rings is 3. The number of para-hydroxylation sites is 1. The number of aryl methyl sites for hydroxylation is 1. The van der Waals surface area contributed by atoms with Crippen LogP contribution in [0.15, 0.2) is 69.9 Å². The highest BCUT2D eigenvalue weighted by atomic mass is 16.5. The summed E-state index contributed by atoms with van der Waals surface area (Å²) in [4.78, 5) is 39.7. The predicted molar refractivity (Wildman–Crippen MR) is 138 cm³/mol. The fourth-order valence-electron chi connectivity index (χ4n) is 4.80. The molecule has 2 heterocycles. The molecule has 36 heavy (non-hydrogen) atoms. The molecule has 0 spiro atoms. The van der Waals surface area contributed by atoms with Crippen molar-refractivity contribution in [3.63, 3.8) is 0 Å². The molecule has 1 unspecified atom stereocenters. The number of rotatable bonds is 5. The van der Waals surface area contributed by atoms with Gasteiger partial charge in [0, 0.05) is 42.0 Å². The third-order valence-electron chi connectivity index (χ3n) is 6.59.